The molecule has 1 aliphatic carbocycles. The molecule has 1 aromatic carbocycles. The first-order valence-electron chi connectivity index (χ1n) is 7.76. The van der Waals surface area contributed by atoms with Gasteiger partial charge in [-0.15, -0.1) is 0 Å². The zero-order valence-corrected chi connectivity index (χ0v) is 12.7. The lowest BCUT2D eigenvalue weighted by molar-refractivity contribution is -0.115. The molecule has 0 bridgehead atoms. The number of nitrogens with one attached hydrogen (secondary N) is 2. The topological polar surface area (TPSA) is 41.1 Å². The van der Waals surface area contributed by atoms with Crippen LogP contribution >= 0.6 is 0 Å². The summed E-state index contributed by atoms with van der Waals surface area (Å²) in [6.07, 6.45) is 7.67. The predicted molar refractivity (Wildman–Crippen MR) is 84.0 cm³/mol. The van der Waals surface area contributed by atoms with Crippen LogP contribution in [0.5, 0.6) is 0 Å². The Morgan fingerprint density at radius 1 is 1.15 bits per heavy atom. The molecular formula is C17H26N2O. The van der Waals surface area contributed by atoms with Crippen LogP contribution in [0.4, 0.5) is 5.69 Å². The maximum absolute atomic E-state index is 12.0. The minimum atomic E-state index is 0.0583. The molecule has 0 saturated heterocycles. The van der Waals surface area contributed by atoms with Crippen molar-refractivity contribution < 1.29 is 4.79 Å². The van der Waals surface area contributed by atoms with E-state index >= 15 is 0 Å². The van der Waals surface area contributed by atoms with Crippen molar-refractivity contribution in [1.29, 1.82) is 0 Å². The summed E-state index contributed by atoms with van der Waals surface area (Å²) < 4.78 is 0. The Labute approximate surface area is 122 Å². The summed E-state index contributed by atoms with van der Waals surface area (Å²) in [6, 6.07) is 6.53. The van der Waals surface area contributed by atoms with E-state index in [0.717, 1.165) is 11.3 Å². The molecule has 0 unspecified atom stereocenters. The molecule has 1 amide bonds. The summed E-state index contributed by atoms with van der Waals surface area (Å²) in [5.74, 6) is 0.0583. The third-order valence-electron chi connectivity index (χ3n) is 4.29. The number of amides is 1. The quantitative estimate of drug-likeness (QED) is 0.824. The highest BCUT2D eigenvalue weighted by atomic mass is 16.1. The molecule has 0 atom stereocenters. The molecule has 1 aliphatic rings. The van der Waals surface area contributed by atoms with Crippen molar-refractivity contribution in [2.75, 3.05) is 11.9 Å². The van der Waals surface area contributed by atoms with Gasteiger partial charge in [0.25, 0.3) is 0 Å². The zero-order valence-electron chi connectivity index (χ0n) is 12.7. The van der Waals surface area contributed by atoms with Gasteiger partial charge in [-0.25, -0.2) is 0 Å². The Morgan fingerprint density at radius 2 is 1.85 bits per heavy atom. The number of carbonyl (C=O) groups excluding carboxylic acids is 1. The number of carbonyl (C=O) groups is 1. The fourth-order valence-corrected chi connectivity index (χ4v) is 2.80. The summed E-state index contributed by atoms with van der Waals surface area (Å²) >= 11 is 0. The molecule has 3 heteroatoms. The molecule has 0 heterocycles. The van der Waals surface area contributed by atoms with E-state index in [4.69, 9.17) is 0 Å². The molecule has 1 aromatic rings. The summed E-state index contributed by atoms with van der Waals surface area (Å²) in [5, 5.41) is 6.41. The molecule has 2 rings (SSSR count). The molecule has 0 aromatic heterocycles. The number of benzene rings is 1. The first-order valence-corrected chi connectivity index (χ1v) is 7.76. The van der Waals surface area contributed by atoms with E-state index in [1.807, 2.05) is 19.1 Å². The molecule has 0 spiro atoms. The lowest BCUT2D eigenvalue weighted by atomic mass is 10.1. The summed E-state index contributed by atoms with van der Waals surface area (Å²) in [6.45, 7) is 4.52. The van der Waals surface area contributed by atoms with Gasteiger partial charge in [0.2, 0.25) is 5.91 Å². The fraction of sp³-hybridized carbons (Fsp3) is 0.588. The van der Waals surface area contributed by atoms with Gasteiger partial charge < -0.3 is 10.6 Å². The van der Waals surface area contributed by atoms with Crippen molar-refractivity contribution in [3.05, 3.63) is 29.3 Å². The van der Waals surface area contributed by atoms with Crippen molar-refractivity contribution >= 4 is 11.6 Å². The molecule has 3 nitrogen and oxygen atoms in total. The van der Waals surface area contributed by atoms with Gasteiger partial charge >= 0.3 is 0 Å². The molecule has 1 fully saturated rings. The Kier molecular flexibility index (Phi) is 5.60. The van der Waals surface area contributed by atoms with Crippen molar-refractivity contribution in [3.63, 3.8) is 0 Å². The summed E-state index contributed by atoms with van der Waals surface area (Å²) in [4.78, 5) is 12.0. The van der Waals surface area contributed by atoms with Crippen molar-refractivity contribution in [2.24, 2.45) is 0 Å². The molecular weight excluding hydrogens is 248 g/mol. The smallest absolute Gasteiger partial charge is 0.238 e. The van der Waals surface area contributed by atoms with Gasteiger partial charge in [-0.3, -0.25) is 4.79 Å². The summed E-state index contributed by atoms with van der Waals surface area (Å²) in [7, 11) is 0. The van der Waals surface area contributed by atoms with Crippen LogP contribution in [-0.4, -0.2) is 18.5 Å². The van der Waals surface area contributed by atoms with Gasteiger partial charge in [-0.1, -0.05) is 37.8 Å². The SMILES string of the molecule is Cc1cccc(NC(=O)CNC2CCCCCC2)c1C. The Bertz CT molecular complexity index is 448. The van der Waals surface area contributed by atoms with Crippen LogP contribution in [0.3, 0.4) is 0 Å². The molecule has 0 aliphatic heterocycles. The molecule has 110 valence electrons. The van der Waals surface area contributed by atoms with Gasteiger partial charge in [-0.05, 0) is 43.9 Å². The van der Waals surface area contributed by atoms with Crippen LogP contribution in [0.1, 0.15) is 49.7 Å². The largest absolute Gasteiger partial charge is 0.325 e. The predicted octanol–water partition coefficient (Wildman–Crippen LogP) is 3.55. The average molecular weight is 274 g/mol. The van der Waals surface area contributed by atoms with Gasteiger partial charge in [-0.2, -0.15) is 0 Å². The fourth-order valence-electron chi connectivity index (χ4n) is 2.80. The summed E-state index contributed by atoms with van der Waals surface area (Å²) in [5.41, 5.74) is 3.28. The number of hydrogen-bond donors (Lipinski definition) is 2. The van der Waals surface area contributed by atoms with Gasteiger partial charge in [0.1, 0.15) is 0 Å². The number of hydrogen-bond acceptors (Lipinski definition) is 2. The van der Waals surface area contributed by atoms with Gasteiger partial charge in [0, 0.05) is 11.7 Å². The van der Waals surface area contributed by atoms with E-state index in [0.29, 0.717) is 12.6 Å². The number of anilines is 1. The van der Waals surface area contributed by atoms with Crippen LogP contribution in [0.2, 0.25) is 0 Å². The van der Waals surface area contributed by atoms with E-state index in [-0.39, 0.29) is 5.91 Å². The van der Waals surface area contributed by atoms with E-state index in [9.17, 15) is 4.79 Å². The normalized spacial score (nSPS) is 16.7. The van der Waals surface area contributed by atoms with Crippen molar-refractivity contribution in [1.82, 2.24) is 5.32 Å². The van der Waals surface area contributed by atoms with E-state index < -0.39 is 0 Å². The lowest BCUT2D eigenvalue weighted by Crippen LogP contribution is -2.35. The van der Waals surface area contributed by atoms with Crippen LogP contribution in [-0.2, 0) is 4.79 Å². The Hall–Kier alpha value is -1.35. The number of rotatable bonds is 4. The minimum Gasteiger partial charge on any atom is -0.325 e. The first kappa shape index (κ1) is 15.0. The standard InChI is InChI=1S/C17H26N2O/c1-13-8-7-11-16(14(13)2)19-17(20)12-18-15-9-5-3-4-6-10-15/h7-8,11,15,18H,3-6,9-10,12H2,1-2H3,(H,19,20). The molecule has 2 N–H and O–H groups in total. The average Bonchev–Trinajstić information content (AvgIpc) is 2.70. The highest BCUT2D eigenvalue weighted by molar-refractivity contribution is 5.93. The first-order chi connectivity index (χ1) is 9.66. The van der Waals surface area contributed by atoms with Crippen molar-refractivity contribution in [3.8, 4) is 0 Å². The minimum absolute atomic E-state index is 0.0583. The third kappa shape index (κ3) is 4.34. The second-order valence-corrected chi connectivity index (χ2v) is 5.87. The Balaban J connectivity index is 1.81. The number of aryl methyl sites for hydroxylation is 1. The second-order valence-electron chi connectivity index (χ2n) is 5.87. The lowest BCUT2D eigenvalue weighted by Gasteiger charge is -2.16. The zero-order chi connectivity index (χ0) is 14.4. The van der Waals surface area contributed by atoms with Crippen molar-refractivity contribution in [2.45, 2.75) is 58.4 Å². The van der Waals surface area contributed by atoms with Gasteiger partial charge in [0.05, 0.1) is 6.54 Å². The molecule has 20 heavy (non-hydrogen) atoms. The molecule has 1 saturated carbocycles. The van der Waals surface area contributed by atoms with Crippen LogP contribution in [0.25, 0.3) is 0 Å². The monoisotopic (exact) mass is 274 g/mol. The third-order valence-corrected chi connectivity index (χ3v) is 4.29. The second kappa shape index (κ2) is 7.44. The maximum atomic E-state index is 12.0. The highest BCUT2D eigenvalue weighted by Crippen LogP contribution is 2.18. The van der Waals surface area contributed by atoms with Crippen LogP contribution in [0.15, 0.2) is 18.2 Å². The van der Waals surface area contributed by atoms with E-state index in [1.165, 1.54) is 44.1 Å². The van der Waals surface area contributed by atoms with E-state index in [2.05, 4.69) is 23.6 Å². The van der Waals surface area contributed by atoms with E-state index in [1.54, 1.807) is 0 Å². The Morgan fingerprint density at radius 3 is 2.55 bits per heavy atom. The van der Waals surface area contributed by atoms with Gasteiger partial charge in [0.15, 0.2) is 0 Å². The molecule has 0 radical (unpaired) electrons. The maximum Gasteiger partial charge on any atom is 0.238 e. The van der Waals surface area contributed by atoms with Crippen LogP contribution in [0, 0.1) is 13.8 Å². The highest BCUT2D eigenvalue weighted by Gasteiger charge is 2.13. The van der Waals surface area contributed by atoms with Crippen LogP contribution < -0.4 is 10.6 Å².